The molecule has 0 amide bonds. The number of fused-ring (bicyclic) bond motifs is 1. The van der Waals surface area contributed by atoms with Crippen molar-refractivity contribution in [3.8, 4) is 0 Å². The zero-order chi connectivity index (χ0) is 12.8. The van der Waals surface area contributed by atoms with Crippen LogP contribution in [0.3, 0.4) is 0 Å². The number of hydrogen-bond donors (Lipinski definition) is 0. The number of aromatic nitrogens is 2. The molecule has 3 heteroatoms. The largest absolute Gasteiger partial charge is 0.438 e. The lowest BCUT2D eigenvalue weighted by molar-refractivity contribution is 0.411. The van der Waals surface area contributed by atoms with Crippen LogP contribution in [0.1, 0.15) is 53.1 Å². The topological polar surface area (TPSA) is 38.9 Å². The summed E-state index contributed by atoms with van der Waals surface area (Å²) < 4.78 is 5.73. The first-order valence-electron chi connectivity index (χ1n) is 5.96. The van der Waals surface area contributed by atoms with Gasteiger partial charge in [-0.15, -0.1) is 0 Å². The van der Waals surface area contributed by atoms with Crippen LogP contribution in [-0.2, 0) is 10.8 Å². The van der Waals surface area contributed by atoms with Gasteiger partial charge in [0.2, 0.25) is 5.89 Å². The van der Waals surface area contributed by atoms with E-state index in [1.54, 1.807) is 0 Å². The maximum atomic E-state index is 5.73. The molecule has 0 aliphatic rings. The molecule has 2 aromatic heterocycles. The lowest BCUT2D eigenvalue weighted by Gasteiger charge is -2.16. The minimum Gasteiger partial charge on any atom is -0.438 e. The number of nitrogens with zero attached hydrogens (tertiary/aromatic N) is 2. The third-order valence-electron chi connectivity index (χ3n) is 2.66. The van der Waals surface area contributed by atoms with Gasteiger partial charge in [-0.3, -0.25) is 0 Å². The first-order valence-corrected chi connectivity index (χ1v) is 5.96. The molecule has 0 saturated carbocycles. The Morgan fingerprint density at radius 2 is 1.53 bits per heavy atom. The Hall–Kier alpha value is -1.38. The summed E-state index contributed by atoms with van der Waals surface area (Å²) in [6, 6.07) is 3.98. The predicted octanol–water partition coefficient (Wildman–Crippen LogP) is 3.82. The molecule has 0 N–H and O–H groups in total. The van der Waals surface area contributed by atoms with Gasteiger partial charge in [0.05, 0.1) is 0 Å². The molecule has 3 nitrogen and oxygen atoms in total. The fourth-order valence-corrected chi connectivity index (χ4v) is 1.56. The highest BCUT2D eigenvalue weighted by atomic mass is 16.3. The lowest BCUT2D eigenvalue weighted by atomic mass is 9.92. The summed E-state index contributed by atoms with van der Waals surface area (Å²) >= 11 is 0. The van der Waals surface area contributed by atoms with E-state index in [9.17, 15) is 0 Å². The zero-order valence-corrected chi connectivity index (χ0v) is 11.5. The second-order valence-electron chi connectivity index (χ2n) is 6.54. The average molecular weight is 232 g/mol. The van der Waals surface area contributed by atoms with Crippen LogP contribution in [-0.4, -0.2) is 9.97 Å². The van der Waals surface area contributed by atoms with E-state index >= 15 is 0 Å². The standard InChI is InChI=1S/C14H20N2O/c1-13(2,3)10-8-7-9-11(15-10)16-12(17-9)14(4,5)6/h7-8H,1-6H3. The highest BCUT2D eigenvalue weighted by molar-refractivity contribution is 5.68. The molecule has 0 aliphatic carbocycles. The van der Waals surface area contributed by atoms with Gasteiger partial charge in [-0.1, -0.05) is 41.5 Å². The first-order chi connectivity index (χ1) is 7.68. The van der Waals surface area contributed by atoms with E-state index in [4.69, 9.17) is 4.42 Å². The Morgan fingerprint density at radius 1 is 0.882 bits per heavy atom. The van der Waals surface area contributed by atoms with Gasteiger partial charge in [0.25, 0.3) is 0 Å². The molecule has 0 saturated heterocycles. The number of oxazole rings is 1. The Kier molecular flexibility index (Phi) is 2.53. The number of rotatable bonds is 0. The Morgan fingerprint density at radius 3 is 2.06 bits per heavy atom. The minimum atomic E-state index is -0.0808. The summed E-state index contributed by atoms with van der Waals surface area (Å²) in [6.07, 6.45) is 0. The smallest absolute Gasteiger partial charge is 0.202 e. The van der Waals surface area contributed by atoms with Crippen molar-refractivity contribution in [2.45, 2.75) is 52.4 Å². The van der Waals surface area contributed by atoms with Gasteiger partial charge in [-0.05, 0) is 12.1 Å². The van der Waals surface area contributed by atoms with Gasteiger partial charge in [-0.2, -0.15) is 4.98 Å². The van der Waals surface area contributed by atoms with Crippen LogP contribution in [0.4, 0.5) is 0 Å². The first kappa shape index (κ1) is 12.1. The van der Waals surface area contributed by atoms with Crippen LogP contribution in [0.25, 0.3) is 11.2 Å². The molecule has 0 fully saturated rings. The second kappa shape index (κ2) is 3.56. The summed E-state index contributed by atoms with van der Waals surface area (Å²) in [7, 11) is 0. The third kappa shape index (κ3) is 2.33. The molecule has 0 atom stereocenters. The number of hydrogen-bond acceptors (Lipinski definition) is 3. The minimum absolute atomic E-state index is 0.0367. The molecular weight excluding hydrogens is 212 g/mol. The summed E-state index contributed by atoms with van der Waals surface area (Å²) in [5, 5.41) is 0. The molecule has 0 unspecified atom stereocenters. The Bertz CT molecular complexity index is 529. The van der Waals surface area contributed by atoms with Gasteiger partial charge in [0, 0.05) is 16.5 Å². The van der Waals surface area contributed by atoms with Crippen molar-refractivity contribution >= 4 is 11.2 Å². The fraction of sp³-hybridized carbons (Fsp3) is 0.571. The van der Waals surface area contributed by atoms with Crippen molar-refractivity contribution in [2.24, 2.45) is 0 Å². The second-order valence-corrected chi connectivity index (χ2v) is 6.54. The molecule has 0 radical (unpaired) electrons. The zero-order valence-electron chi connectivity index (χ0n) is 11.5. The molecule has 92 valence electrons. The van der Waals surface area contributed by atoms with E-state index < -0.39 is 0 Å². The highest BCUT2D eigenvalue weighted by Gasteiger charge is 2.23. The predicted molar refractivity (Wildman–Crippen MR) is 69.2 cm³/mol. The van der Waals surface area contributed by atoms with E-state index in [0.717, 1.165) is 17.2 Å². The SMILES string of the molecule is CC(C)(C)c1ccc2oc(C(C)(C)C)nc2n1. The Balaban J connectivity index is 2.56. The highest BCUT2D eigenvalue weighted by Crippen LogP contribution is 2.27. The molecule has 2 rings (SSSR count). The average Bonchev–Trinajstić information content (AvgIpc) is 2.57. The van der Waals surface area contributed by atoms with E-state index in [0.29, 0.717) is 5.65 Å². The van der Waals surface area contributed by atoms with Gasteiger partial charge < -0.3 is 4.42 Å². The third-order valence-corrected chi connectivity index (χ3v) is 2.66. The molecule has 0 aromatic carbocycles. The van der Waals surface area contributed by atoms with Crippen molar-refractivity contribution in [3.05, 3.63) is 23.7 Å². The number of pyridine rings is 1. The van der Waals surface area contributed by atoms with E-state index in [1.807, 2.05) is 12.1 Å². The maximum Gasteiger partial charge on any atom is 0.202 e. The molecule has 0 bridgehead atoms. The van der Waals surface area contributed by atoms with Crippen molar-refractivity contribution < 1.29 is 4.42 Å². The molecule has 2 heterocycles. The van der Waals surface area contributed by atoms with Gasteiger partial charge in [0.15, 0.2) is 11.2 Å². The van der Waals surface area contributed by atoms with Crippen LogP contribution < -0.4 is 0 Å². The summed E-state index contributed by atoms with van der Waals surface area (Å²) in [4.78, 5) is 9.06. The van der Waals surface area contributed by atoms with Crippen molar-refractivity contribution in [2.75, 3.05) is 0 Å². The molecular formula is C14H20N2O. The Labute approximate surface area is 102 Å². The van der Waals surface area contributed by atoms with Gasteiger partial charge in [-0.25, -0.2) is 4.98 Å². The van der Waals surface area contributed by atoms with Crippen LogP contribution in [0.5, 0.6) is 0 Å². The van der Waals surface area contributed by atoms with E-state index in [2.05, 4.69) is 51.5 Å². The van der Waals surface area contributed by atoms with Crippen molar-refractivity contribution in [1.29, 1.82) is 0 Å². The van der Waals surface area contributed by atoms with Crippen molar-refractivity contribution in [1.82, 2.24) is 9.97 Å². The molecule has 2 aromatic rings. The van der Waals surface area contributed by atoms with E-state index in [-0.39, 0.29) is 10.8 Å². The van der Waals surface area contributed by atoms with Crippen LogP contribution in [0.2, 0.25) is 0 Å². The maximum absolute atomic E-state index is 5.73. The quantitative estimate of drug-likeness (QED) is 0.693. The van der Waals surface area contributed by atoms with E-state index in [1.165, 1.54) is 0 Å². The summed E-state index contributed by atoms with van der Waals surface area (Å²) in [5.41, 5.74) is 2.47. The molecule has 0 spiro atoms. The molecule has 0 aliphatic heterocycles. The van der Waals surface area contributed by atoms with Crippen LogP contribution in [0.15, 0.2) is 16.5 Å². The summed E-state index contributed by atoms with van der Waals surface area (Å²) in [5.74, 6) is 0.742. The van der Waals surface area contributed by atoms with Crippen LogP contribution in [0, 0.1) is 0 Å². The monoisotopic (exact) mass is 232 g/mol. The molecule has 17 heavy (non-hydrogen) atoms. The van der Waals surface area contributed by atoms with Crippen molar-refractivity contribution in [3.63, 3.8) is 0 Å². The van der Waals surface area contributed by atoms with Crippen LogP contribution >= 0.6 is 0 Å². The normalized spacial score (nSPS) is 13.3. The lowest BCUT2D eigenvalue weighted by Crippen LogP contribution is -2.13. The van der Waals surface area contributed by atoms with Gasteiger partial charge >= 0.3 is 0 Å². The van der Waals surface area contributed by atoms with Gasteiger partial charge in [0.1, 0.15) is 0 Å². The fourth-order valence-electron chi connectivity index (χ4n) is 1.56. The summed E-state index contributed by atoms with van der Waals surface area (Å²) in [6.45, 7) is 12.7.